The van der Waals surface area contributed by atoms with Crippen LogP contribution < -0.4 is 10.6 Å². The van der Waals surface area contributed by atoms with Crippen molar-refractivity contribution in [1.29, 1.82) is 0 Å². The summed E-state index contributed by atoms with van der Waals surface area (Å²) in [4.78, 5) is 0. The molecule has 1 N–H and O–H groups in total. The van der Waals surface area contributed by atoms with E-state index in [0.717, 1.165) is 19.5 Å². The van der Waals surface area contributed by atoms with Crippen LogP contribution in [0.1, 0.15) is 27.2 Å². The van der Waals surface area contributed by atoms with Gasteiger partial charge in [0.1, 0.15) is 0 Å². The molecule has 1 radical (unpaired) electrons. The molecule has 2 heteroatoms. The highest BCUT2D eigenvalue weighted by molar-refractivity contribution is 4.85. The molecule has 59 valence electrons. The fourth-order valence-electron chi connectivity index (χ4n) is 1.55. The van der Waals surface area contributed by atoms with Gasteiger partial charge in [-0.05, 0) is 27.2 Å². The highest BCUT2D eigenvalue weighted by Gasteiger charge is 2.22. The van der Waals surface area contributed by atoms with Crippen LogP contribution in [0.5, 0.6) is 0 Å². The maximum atomic E-state index is 4.46. The SMILES string of the molecule is CC1CC(C)(C)NCC[N]1. The van der Waals surface area contributed by atoms with Gasteiger partial charge < -0.3 is 5.32 Å². The molecule has 2 nitrogen and oxygen atoms in total. The van der Waals surface area contributed by atoms with E-state index in [4.69, 9.17) is 0 Å². The van der Waals surface area contributed by atoms with E-state index in [0.29, 0.717) is 11.6 Å². The summed E-state index contributed by atoms with van der Waals surface area (Å²) in [6.45, 7) is 8.69. The number of nitrogens with zero attached hydrogens (tertiary/aromatic N) is 1. The van der Waals surface area contributed by atoms with Crippen LogP contribution in [0, 0.1) is 0 Å². The third-order valence-corrected chi connectivity index (χ3v) is 1.96. The van der Waals surface area contributed by atoms with Crippen molar-refractivity contribution in [3.63, 3.8) is 0 Å². The predicted octanol–water partition coefficient (Wildman–Crippen LogP) is 0.751. The van der Waals surface area contributed by atoms with Crippen LogP contribution in [0.2, 0.25) is 0 Å². The molecule has 0 aliphatic carbocycles. The zero-order valence-electron chi connectivity index (χ0n) is 7.15. The maximum absolute atomic E-state index is 4.46. The summed E-state index contributed by atoms with van der Waals surface area (Å²) < 4.78 is 0. The van der Waals surface area contributed by atoms with Gasteiger partial charge in [-0.2, -0.15) is 0 Å². The Morgan fingerprint density at radius 2 is 2.20 bits per heavy atom. The summed E-state index contributed by atoms with van der Waals surface area (Å²) in [7, 11) is 0. The number of hydrogen-bond donors (Lipinski definition) is 1. The fraction of sp³-hybridized carbons (Fsp3) is 1.00. The molecule has 0 aromatic heterocycles. The zero-order valence-corrected chi connectivity index (χ0v) is 7.15. The van der Waals surface area contributed by atoms with Gasteiger partial charge in [0.15, 0.2) is 0 Å². The van der Waals surface area contributed by atoms with Crippen LogP contribution in [0.3, 0.4) is 0 Å². The lowest BCUT2D eigenvalue weighted by Crippen LogP contribution is -2.40. The molecule has 0 saturated carbocycles. The zero-order chi connectivity index (χ0) is 7.61. The molecular formula is C8H17N2. The Hall–Kier alpha value is -0.0800. The fourth-order valence-corrected chi connectivity index (χ4v) is 1.55. The van der Waals surface area contributed by atoms with E-state index in [-0.39, 0.29) is 0 Å². The van der Waals surface area contributed by atoms with Crippen LogP contribution in [0.15, 0.2) is 0 Å². The third-order valence-electron chi connectivity index (χ3n) is 1.96. The predicted molar refractivity (Wildman–Crippen MR) is 43.2 cm³/mol. The molecule has 0 aromatic carbocycles. The van der Waals surface area contributed by atoms with Crippen LogP contribution in [0.4, 0.5) is 0 Å². The minimum absolute atomic E-state index is 0.291. The normalized spacial score (nSPS) is 33.3. The van der Waals surface area contributed by atoms with Crippen molar-refractivity contribution >= 4 is 0 Å². The van der Waals surface area contributed by atoms with Gasteiger partial charge >= 0.3 is 0 Å². The molecule has 0 amide bonds. The minimum Gasteiger partial charge on any atom is -0.310 e. The van der Waals surface area contributed by atoms with Crippen LogP contribution in [-0.4, -0.2) is 24.7 Å². The summed E-state index contributed by atoms with van der Waals surface area (Å²) in [6, 6.07) is 0.532. The van der Waals surface area contributed by atoms with E-state index >= 15 is 0 Å². The van der Waals surface area contributed by atoms with Crippen molar-refractivity contribution in [2.45, 2.75) is 38.8 Å². The lowest BCUT2D eigenvalue weighted by Gasteiger charge is -2.25. The van der Waals surface area contributed by atoms with E-state index < -0.39 is 0 Å². The Bertz CT molecular complexity index is 110. The molecule has 1 atom stereocenters. The van der Waals surface area contributed by atoms with Gasteiger partial charge in [0.25, 0.3) is 0 Å². The monoisotopic (exact) mass is 141 g/mol. The summed E-state index contributed by atoms with van der Waals surface area (Å²) >= 11 is 0. The Kier molecular flexibility index (Phi) is 2.32. The Morgan fingerprint density at radius 3 is 2.90 bits per heavy atom. The molecular weight excluding hydrogens is 124 g/mol. The molecule has 1 heterocycles. The van der Waals surface area contributed by atoms with Gasteiger partial charge in [-0.15, -0.1) is 0 Å². The van der Waals surface area contributed by atoms with E-state index in [1.807, 2.05) is 0 Å². The van der Waals surface area contributed by atoms with Crippen LogP contribution >= 0.6 is 0 Å². The Morgan fingerprint density at radius 1 is 1.50 bits per heavy atom. The average molecular weight is 141 g/mol. The maximum Gasteiger partial charge on any atom is 0.0262 e. The number of hydrogen-bond acceptors (Lipinski definition) is 1. The lowest BCUT2D eigenvalue weighted by atomic mass is 9.97. The molecule has 0 bridgehead atoms. The van der Waals surface area contributed by atoms with Gasteiger partial charge in [0, 0.05) is 24.7 Å². The first-order valence-corrected chi connectivity index (χ1v) is 4.02. The van der Waals surface area contributed by atoms with Crippen LogP contribution in [0.25, 0.3) is 0 Å². The second-order valence-corrected chi connectivity index (χ2v) is 3.77. The Balaban J connectivity index is 2.46. The average Bonchev–Trinajstić information content (AvgIpc) is 1.90. The quantitative estimate of drug-likeness (QED) is 0.529. The van der Waals surface area contributed by atoms with E-state index in [2.05, 4.69) is 31.4 Å². The van der Waals surface area contributed by atoms with E-state index in [1.54, 1.807) is 0 Å². The molecule has 1 fully saturated rings. The lowest BCUT2D eigenvalue weighted by molar-refractivity contribution is 0.363. The molecule has 0 spiro atoms. The van der Waals surface area contributed by atoms with Crippen molar-refractivity contribution in [3.8, 4) is 0 Å². The molecule has 1 aliphatic heterocycles. The van der Waals surface area contributed by atoms with E-state index in [9.17, 15) is 0 Å². The van der Waals surface area contributed by atoms with Crippen molar-refractivity contribution < 1.29 is 0 Å². The molecule has 1 unspecified atom stereocenters. The minimum atomic E-state index is 0.291. The number of rotatable bonds is 0. The van der Waals surface area contributed by atoms with Crippen LogP contribution in [-0.2, 0) is 0 Å². The smallest absolute Gasteiger partial charge is 0.0262 e. The second-order valence-electron chi connectivity index (χ2n) is 3.77. The van der Waals surface area contributed by atoms with Crippen molar-refractivity contribution in [3.05, 3.63) is 0 Å². The van der Waals surface area contributed by atoms with Gasteiger partial charge in [-0.3, -0.25) is 0 Å². The highest BCUT2D eigenvalue weighted by atomic mass is 15.0. The summed E-state index contributed by atoms with van der Waals surface area (Å²) in [5.41, 5.74) is 0.291. The van der Waals surface area contributed by atoms with Gasteiger partial charge in [0.2, 0.25) is 0 Å². The van der Waals surface area contributed by atoms with Crippen molar-refractivity contribution in [1.82, 2.24) is 10.6 Å². The molecule has 1 rings (SSSR count). The molecule has 1 aliphatic rings. The van der Waals surface area contributed by atoms with Gasteiger partial charge in [0.05, 0.1) is 0 Å². The van der Waals surface area contributed by atoms with Crippen molar-refractivity contribution in [2.75, 3.05) is 13.1 Å². The summed E-state index contributed by atoms with van der Waals surface area (Å²) in [5, 5.41) is 7.91. The molecule has 10 heavy (non-hydrogen) atoms. The molecule has 1 saturated heterocycles. The first kappa shape index (κ1) is 8.02. The number of nitrogens with one attached hydrogen (secondary N) is 1. The summed E-state index contributed by atoms with van der Waals surface area (Å²) in [5.74, 6) is 0. The van der Waals surface area contributed by atoms with Gasteiger partial charge in [-0.1, -0.05) is 0 Å². The first-order chi connectivity index (χ1) is 4.60. The highest BCUT2D eigenvalue weighted by Crippen LogP contribution is 2.13. The Labute approximate surface area is 63.4 Å². The van der Waals surface area contributed by atoms with Crippen molar-refractivity contribution in [2.24, 2.45) is 0 Å². The second kappa shape index (κ2) is 2.89. The first-order valence-electron chi connectivity index (χ1n) is 4.02. The van der Waals surface area contributed by atoms with Gasteiger partial charge in [-0.25, -0.2) is 5.32 Å². The van der Waals surface area contributed by atoms with E-state index in [1.165, 1.54) is 0 Å². The topological polar surface area (TPSA) is 26.1 Å². The third kappa shape index (κ3) is 2.27. The summed E-state index contributed by atoms with van der Waals surface area (Å²) in [6.07, 6.45) is 1.16. The largest absolute Gasteiger partial charge is 0.310 e. The molecule has 0 aromatic rings. The standard InChI is InChI=1S/C8H17N2/c1-7-6-8(2,3)10-5-4-9-7/h7,10H,4-6H2,1-3H3.